The Kier molecular flexibility index (Phi) is 8.51. The fraction of sp³-hybridized carbons (Fsp3) is 0.303. The number of benzene rings is 3. The minimum Gasteiger partial charge on any atom is -0.341 e. The van der Waals surface area contributed by atoms with Crippen LogP contribution in [0.15, 0.2) is 91.1 Å². The molecule has 0 bridgehead atoms. The van der Waals surface area contributed by atoms with Crippen molar-refractivity contribution in [2.24, 2.45) is 0 Å². The lowest BCUT2D eigenvalue weighted by Gasteiger charge is -2.22. The molecule has 6 heteroatoms. The molecule has 1 aromatic heterocycles. The summed E-state index contributed by atoms with van der Waals surface area (Å²) in [6, 6.07) is 27.2. The van der Waals surface area contributed by atoms with Crippen molar-refractivity contribution in [1.29, 1.82) is 0 Å². The lowest BCUT2D eigenvalue weighted by molar-refractivity contribution is -0.131. The molecule has 0 atom stereocenters. The van der Waals surface area contributed by atoms with E-state index in [2.05, 4.69) is 0 Å². The number of aromatic nitrogens is 1. The van der Waals surface area contributed by atoms with Crippen LogP contribution < -0.4 is 0 Å². The van der Waals surface area contributed by atoms with Gasteiger partial charge in [0.25, 0.3) is 11.7 Å². The zero-order valence-electron chi connectivity index (χ0n) is 22.3. The van der Waals surface area contributed by atoms with E-state index in [1.807, 2.05) is 94.4 Å². The van der Waals surface area contributed by atoms with E-state index in [9.17, 15) is 14.4 Å². The summed E-state index contributed by atoms with van der Waals surface area (Å²) in [6.07, 6.45) is 6.70. The molecule has 0 unspecified atom stereocenters. The maximum atomic E-state index is 13.7. The number of ketones is 1. The Bertz CT molecular complexity index is 1420. The van der Waals surface area contributed by atoms with Crippen LogP contribution in [0.25, 0.3) is 10.9 Å². The van der Waals surface area contributed by atoms with Gasteiger partial charge in [0.1, 0.15) is 6.54 Å². The maximum Gasteiger partial charge on any atom is 0.295 e. The van der Waals surface area contributed by atoms with E-state index in [0.717, 1.165) is 55.4 Å². The van der Waals surface area contributed by atoms with Crippen molar-refractivity contribution in [3.05, 3.63) is 108 Å². The van der Waals surface area contributed by atoms with Gasteiger partial charge in [0.05, 0.1) is 5.56 Å². The second kappa shape index (κ2) is 12.6. The summed E-state index contributed by atoms with van der Waals surface area (Å²) in [4.78, 5) is 44.2. The molecule has 2 amide bonds. The largest absolute Gasteiger partial charge is 0.341 e. The van der Waals surface area contributed by atoms with Gasteiger partial charge in [-0.15, -0.1) is 0 Å². The quantitative estimate of drug-likeness (QED) is 0.216. The second-order valence-corrected chi connectivity index (χ2v) is 10.3. The topological polar surface area (TPSA) is 62.6 Å². The fourth-order valence-corrected chi connectivity index (χ4v) is 5.35. The standard InChI is InChI=1S/C33H35N3O3/c37-31(34-20-11-1-2-12-21-34)25-36-24-29(28-17-9-10-18-30(28)36)32(38)33(39)35(23-27-15-7-4-8-16-27)22-19-26-13-5-3-6-14-26/h3-10,13-18,24H,1-2,11-12,19-23,25H2. The molecule has 6 nitrogen and oxygen atoms in total. The first-order valence-corrected chi connectivity index (χ1v) is 13.9. The Morgan fingerprint density at radius 1 is 0.718 bits per heavy atom. The van der Waals surface area contributed by atoms with Gasteiger partial charge < -0.3 is 14.4 Å². The number of likely N-dealkylation sites (tertiary alicyclic amines) is 1. The molecule has 3 aromatic carbocycles. The van der Waals surface area contributed by atoms with Crippen LogP contribution in [0.1, 0.15) is 47.2 Å². The molecule has 2 heterocycles. The zero-order chi connectivity index (χ0) is 27.0. The number of carbonyl (C=O) groups is 3. The molecule has 5 rings (SSSR count). The highest BCUT2D eigenvalue weighted by Crippen LogP contribution is 2.24. The first-order chi connectivity index (χ1) is 19.1. The van der Waals surface area contributed by atoms with Crippen LogP contribution in [-0.2, 0) is 29.1 Å². The van der Waals surface area contributed by atoms with Gasteiger partial charge in [-0.05, 0) is 36.5 Å². The number of carbonyl (C=O) groups excluding carboxylic acids is 3. The molecular formula is C33H35N3O3. The van der Waals surface area contributed by atoms with Gasteiger partial charge in [0.15, 0.2) is 0 Å². The summed E-state index contributed by atoms with van der Waals surface area (Å²) in [5.41, 5.74) is 3.21. The van der Waals surface area contributed by atoms with Gasteiger partial charge >= 0.3 is 0 Å². The first kappa shape index (κ1) is 26.4. The van der Waals surface area contributed by atoms with E-state index < -0.39 is 11.7 Å². The average Bonchev–Trinajstić information content (AvgIpc) is 3.13. The molecule has 4 aromatic rings. The van der Waals surface area contributed by atoms with Crippen molar-refractivity contribution in [2.45, 2.75) is 45.2 Å². The van der Waals surface area contributed by atoms with E-state index in [-0.39, 0.29) is 12.5 Å². The van der Waals surface area contributed by atoms with Crippen LogP contribution in [-0.4, -0.2) is 51.6 Å². The predicted octanol–water partition coefficient (Wildman–Crippen LogP) is 5.50. The van der Waals surface area contributed by atoms with Crippen LogP contribution in [0.5, 0.6) is 0 Å². The number of nitrogens with zero attached hydrogens (tertiary/aromatic N) is 3. The Morgan fingerprint density at radius 3 is 2.03 bits per heavy atom. The van der Waals surface area contributed by atoms with Crippen molar-refractivity contribution in [3.8, 4) is 0 Å². The van der Waals surface area contributed by atoms with Crippen LogP contribution >= 0.6 is 0 Å². The molecule has 0 aliphatic carbocycles. The Hall–Kier alpha value is -4.19. The normalized spacial score (nSPS) is 13.7. The van der Waals surface area contributed by atoms with E-state index in [1.54, 1.807) is 11.1 Å². The van der Waals surface area contributed by atoms with Crippen molar-refractivity contribution < 1.29 is 14.4 Å². The summed E-state index contributed by atoms with van der Waals surface area (Å²) in [6.45, 7) is 2.49. The van der Waals surface area contributed by atoms with E-state index in [0.29, 0.717) is 30.5 Å². The van der Waals surface area contributed by atoms with Crippen LogP contribution in [0.4, 0.5) is 0 Å². The molecular weight excluding hydrogens is 486 g/mol. The van der Waals surface area contributed by atoms with Gasteiger partial charge in [-0.2, -0.15) is 0 Å². The third kappa shape index (κ3) is 6.45. The first-order valence-electron chi connectivity index (χ1n) is 13.9. The molecule has 0 saturated carbocycles. The number of amides is 2. The Labute approximate surface area is 229 Å². The number of para-hydroxylation sites is 1. The number of Topliss-reactive ketones (excluding diaryl/α,β-unsaturated/α-hetero) is 1. The summed E-state index contributed by atoms with van der Waals surface area (Å²) in [5, 5.41) is 0.697. The minimum atomic E-state index is -0.545. The van der Waals surface area contributed by atoms with Crippen molar-refractivity contribution >= 4 is 28.5 Å². The van der Waals surface area contributed by atoms with Crippen LogP contribution in [0.2, 0.25) is 0 Å². The predicted molar refractivity (Wildman–Crippen MR) is 153 cm³/mol. The molecule has 200 valence electrons. The second-order valence-electron chi connectivity index (χ2n) is 10.3. The maximum absolute atomic E-state index is 13.7. The summed E-state index contributed by atoms with van der Waals surface area (Å²) >= 11 is 0. The number of rotatable bonds is 9. The van der Waals surface area contributed by atoms with Crippen molar-refractivity contribution in [1.82, 2.24) is 14.4 Å². The highest BCUT2D eigenvalue weighted by atomic mass is 16.2. The van der Waals surface area contributed by atoms with Crippen LogP contribution in [0.3, 0.4) is 0 Å². The SMILES string of the molecule is O=C(C(=O)N(CCc1ccccc1)Cc1ccccc1)c1cn(CC(=O)N2CCCCCC2)c2ccccc12. The number of hydrogen-bond donors (Lipinski definition) is 0. The molecule has 1 saturated heterocycles. The summed E-state index contributed by atoms with van der Waals surface area (Å²) in [7, 11) is 0. The van der Waals surface area contributed by atoms with Gasteiger partial charge in [0, 0.05) is 43.3 Å². The molecule has 0 N–H and O–H groups in total. The summed E-state index contributed by atoms with van der Waals surface area (Å²) < 4.78 is 1.83. The van der Waals surface area contributed by atoms with Crippen molar-refractivity contribution in [2.75, 3.05) is 19.6 Å². The zero-order valence-corrected chi connectivity index (χ0v) is 22.3. The van der Waals surface area contributed by atoms with Gasteiger partial charge in [-0.1, -0.05) is 91.7 Å². The molecule has 1 fully saturated rings. The third-order valence-electron chi connectivity index (χ3n) is 7.51. The average molecular weight is 522 g/mol. The smallest absolute Gasteiger partial charge is 0.295 e. The lowest BCUT2D eigenvalue weighted by atomic mass is 10.1. The molecule has 1 aliphatic rings. The minimum absolute atomic E-state index is 0.0524. The summed E-state index contributed by atoms with van der Waals surface area (Å²) in [5.74, 6) is -1.02. The number of hydrogen-bond acceptors (Lipinski definition) is 3. The monoisotopic (exact) mass is 521 g/mol. The Morgan fingerprint density at radius 2 is 1.33 bits per heavy atom. The van der Waals surface area contributed by atoms with E-state index >= 15 is 0 Å². The molecule has 1 aliphatic heterocycles. The highest BCUT2D eigenvalue weighted by Gasteiger charge is 2.27. The highest BCUT2D eigenvalue weighted by molar-refractivity contribution is 6.44. The number of fused-ring (bicyclic) bond motifs is 1. The fourth-order valence-electron chi connectivity index (χ4n) is 5.35. The van der Waals surface area contributed by atoms with Crippen molar-refractivity contribution in [3.63, 3.8) is 0 Å². The van der Waals surface area contributed by atoms with E-state index in [4.69, 9.17) is 0 Å². The Balaban J connectivity index is 1.39. The van der Waals surface area contributed by atoms with Gasteiger partial charge in [-0.25, -0.2) is 0 Å². The third-order valence-corrected chi connectivity index (χ3v) is 7.51. The van der Waals surface area contributed by atoms with Crippen LogP contribution in [0, 0.1) is 0 Å². The molecule has 39 heavy (non-hydrogen) atoms. The molecule has 0 radical (unpaired) electrons. The van der Waals surface area contributed by atoms with E-state index in [1.165, 1.54) is 0 Å². The van der Waals surface area contributed by atoms with Gasteiger partial charge in [0.2, 0.25) is 5.91 Å². The van der Waals surface area contributed by atoms with Gasteiger partial charge in [-0.3, -0.25) is 14.4 Å². The lowest BCUT2D eigenvalue weighted by Crippen LogP contribution is -2.37. The molecule has 0 spiro atoms.